The first-order valence-corrected chi connectivity index (χ1v) is 3.73. The van der Waals surface area contributed by atoms with Crippen molar-refractivity contribution in [1.82, 2.24) is 4.57 Å². The van der Waals surface area contributed by atoms with Crippen LogP contribution >= 0.6 is 0 Å². The van der Waals surface area contributed by atoms with Gasteiger partial charge in [0, 0.05) is 11.6 Å². The highest BCUT2D eigenvalue weighted by Gasteiger charge is 2.11. The smallest absolute Gasteiger partial charge is 0.288 e. The lowest BCUT2D eigenvalue weighted by atomic mass is 10.2. The van der Waals surface area contributed by atoms with Crippen LogP contribution in [0.25, 0.3) is 10.9 Å². The molecule has 4 heteroatoms. The number of hydrogen-bond acceptors (Lipinski definition) is 0. The fourth-order valence-electron chi connectivity index (χ4n) is 1.34. The fourth-order valence-corrected chi connectivity index (χ4v) is 1.34. The molecule has 0 unspecified atom stereocenters. The van der Waals surface area contributed by atoms with Gasteiger partial charge in [0.1, 0.15) is 5.82 Å². The summed E-state index contributed by atoms with van der Waals surface area (Å²) in [6, 6.07) is 5.72. The fraction of sp³-hybridized carbons (Fsp3) is 0.111. The van der Waals surface area contributed by atoms with Gasteiger partial charge in [-0.2, -0.15) is 8.78 Å². The van der Waals surface area contributed by atoms with Gasteiger partial charge in [-0.05, 0) is 12.1 Å². The van der Waals surface area contributed by atoms with E-state index in [-0.39, 0.29) is 5.52 Å². The summed E-state index contributed by atoms with van der Waals surface area (Å²) < 4.78 is 38.3. The lowest BCUT2D eigenvalue weighted by Crippen LogP contribution is -1.96. The summed E-state index contributed by atoms with van der Waals surface area (Å²) in [4.78, 5) is 0. The summed E-state index contributed by atoms with van der Waals surface area (Å²) in [5.74, 6) is -0.622. The van der Waals surface area contributed by atoms with E-state index in [1.165, 1.54) is 24.4 Å². The van der Waals surface area contributed by atoms with E-state index in [1.807, 2.05) is 0 Å². The van der Waals surface area contributed by atoms with Crippen molar-refractivity contribution in [1.29, 1.82) is 0 Å². The van der Waals surface area contributed by atoms with E-state index >= 15 is 0 Å². The predicted molar refractivity (Wildman–Crippen MR) is 43.1 cm³/mol. The van der Waals surface area contributed by atoms with Gasteiger partial charge in [0.15, 0.2) is 0 Å². The number of nitrogens with zero attached hydrogens (tertiary/aromatic N) is 1. The van der Waals surface area contributed by atoms with Crippen molar-refractivity contribution < 1.29 is 13.2 Å². The molecule has 0 saturated carbocycles. The van der Waals surface area contributed by atoms with E-state index in [1.54, 1.807) is 6.07 Å². The summed E-state index contributed by atoms with van der Waals surface area (Å²) in [6.45, 7) is -2.70. The normalized spacial score (nSPS) is 11.4. The van der Waals surface area contributed by atoms with E-state index in [2.05, 4.69) is 0 Å². The van der Waals surface area contributed by atoms with Gasteiger partial charge in [0.05, 0.1) is 5.52 Å². The lowest BCUT2D eigenvalue weighted by molar-refractivity contribution is 0.0747. The van der Waals surface area contributed by atoms with Crippen LogP contribution in [0.5, 0.6) is 0 Å². The van der Waals surface area contributed by atoms with Crippen molar-refractivity contribution in [3.05, 3.63) is 36.3 Å². The first-order valence-electron chi connectivity index (χ1n) is 3.73. The molecule has 0 bridgehead atoms. The zero-order chi connectivity index (χ0) is 9.42. The first kappa shape index (κ1) is 8.16. The number of halogens is 3. The summed E-state index contributed by atoms with van der Waals surface area (Å²) in [5, 5.41) is 0.486. The average Bonchev–Trinajstić information content (AvgIpc) is 2.49. The molecule has 0 amide bonds. The van der Waals surface area contributed by atoms with Crippen molar-refractivity contribution in [3.63, 3.8) is 0 Å². The Morgan fingerprint density at radius 2 is 1.92 bits per heavy atom. The molecule has 0 fully saturated rings. The van der Waals surface area contributed by atoms with Crippen LogP contribution in [0, 0.1) is 5.82 Å². The molecule has 13 heavy (non-hydrogen) atoms. The summed E-state index contributed by atoms with van der Waals surface area (Å²) in [7, 11) is 0. The molecule has 0 spiro atoms. The Labute approximate surface area is 72.4 Å². The highest BCUT2D eigenvalue weighted by atomic mass is 19.3. The summed E-state index contributed by atoms with van der Waals surface area (Å²) in [5.41, 5.74) is -0.0440. The Morgan fingerprint density at radius 3 is 2.62 bits per heavy atom. The second kappa shape index (κ2) is 2.80. The topological polar surface area (TPSA) is 4.93 Å². The van der Waals surface area contributed by atoms with Gasteiger partial charge in [-0.3, -0.25) is 4.57 Å². The minimum atomic E-state index is -2.70. The molecule has 0 aliphatic rings. The predicted octanol–water partition coefficient (Wildman–Crippen LogP) is 3.18. The summed E-state index contributed by atoms with van der Waals surface area (Å²) in [6.07, 6.45) is 1.18. The second-order valence-electron chi connectivity index (χ2n) is 2.68. The molecule has 0 saturated heterocycles. The van der Waals surface area contributed by atoms with Gasteiger partial charge in [0.2, 0.25) is 0 Å². The third kappa shape index (κ3) is 1.18. The van der Waals surface area contributed by atoms with Crippen LogP contribution in [-0.2, 0) is 0 Å². The average molecular weight is 185 g/mol. The van der Waals surface area contributed by atoms with Gasteiger partial charge >= 0.3 is 6.55 Å². The first-order chi connectivity index (χ1) is 6.20. The van der Waals surface area contributed by atoms with Crippen LogP contribution in [-0.4, -0.2) is 4.57 Å². The Hall–Kier alpha value is -1.45. The van der Waals surface area contributed by atoms with Crippen LogP contribution < -0.4 is 0 Å². The van der Waals surface area contributed by atoms with Crippen molar-refractivity contribution in [2.45, 2.75) is 6.55 Å². The number of benzene rings is 1. The van der Waals surface area contributed by atoms with Crippen molar-refractivity contribution in [2.24, 2.45) is 0 Å². The molecule has 1 aromatic carbocycles. The monoisotopic (exact) mass is 185 g/mol. The van der Waals surface area contributed by atoms with Crippen LogP contribution in [0.2, 0.25) is 0 Å². The van der Waals surface area contributed by atoms with Crippen molar-refractivity contribution >= 4 is 10.9 Å². The number of hydrogen-bond donors (Lipinski definition) is 0. The maximum atomic E-state index is 13.1. The quantitative estimate of drug-likeness (QED) is 0.643. The molecular formula is C9H6F3N. The van der Waals surface area contributed by atoms with Gasteiger partial charge in [-0.25, -0.2) is 4.39 Å². The molecular weight excluding hydrogens is 179 g/mol. The van der Waals surface area contributed by atoms with Crippen molar-refractivity contribution in [2.75, 3.05) is 0 Å². The molecule has 0 aliphatic carbocycles. The molecule has 0 N–H and O–H groups in total. The molecule has 0 aliphatic heterocycles. The standard InChI is InChI=1S/C9H6F3N/c10-7-3-1-2-6-4-5-13(8(6)7)9(11)12/h1-5,9H. The number of rotatable bonds is 1. The van der Waals surface area contributed by atoms with E-state index < -0.39 is 12.4 Å². The Kier molecular flexibility index (Phi) is 1.76. The molecule has 1 aromatic heterocycles. The van der Waals surface area contributed by atoms with Crippen LogP contribution in [0.3, 0.4) is 0 Å². The van der Waals surface area contributed by atoms with Crippen LogP contribution in [0.15, 0.2) is 30.5 Å². The van der Waals surface area contributed by atoms with E-state index in [4.69, 9.17) is 0 Å². The number of aromatic nitrogens is 1. The minimum Gasteiger partial charge on any atom is -0.288 e. The lowest BCUT2D eigenvalue weighted by Gasteiger charge is -2.02. The molecule has 1 heterocycles. The zero-order valence-corrected chi connectivity index (χ0v) is 6.55. The maximum Gasteiger partial charge on any atom is 0.319 e. The number of para-hydroxylation sites is 1. The number of fused-ring (bicyclic) bond motifs is 1. The second-order valence-corrected chi connectivity index (χ2v) is 2.68. The maximum absolute atomic E-state index is 13.1. The van der Waals surface area contributed by atoms with Gasteiger partial charge in [-0.15, -0.1) is 0 Å². The minimum absolute atomic E-state index is 0.0440. The zero-order valence-electron chi connectivity index (χ0n) is 6.55. The molecule has 0 radical (unpaired) electrons. The largest absolute Gasteiger partial charge is 0.319 e. The molecule has 1 nitrogen and oxygen atoms in total. The van der Waals surface area contributed by atoms with Gasteiger partial charge in [-0.1, -0.05) is 12.1 Å². The van der Waals surface area contributed by atoms with Crippen molar-refractivity contribution in [3.8, 4) is 0 Å². The molecule has 0 atom stereocenters. The Bertz CT molecular complexity index is 433. The Balaban J connectivity index is 2.79. The molecule has 68 valence electrons. The SMILES string of the molecule is Fc1cccc2ccn(C(F)F)c12. The Morgan fingerprint density at radius 1 is 1.15 bits per heavy atom. The van der Waals surface area contributed by atoms with E-state index in [9.17, 15) is 13.2 Å². The highest BCUT2D eigenvalue weighted by molar-refractivity contribution is 5.80. The molecule has 2 rings (SSSR count). The van der Waals surface area contributed by atoms with Gasteiger partial charge in [0.25, 0.3) is 0 Å². The van der Waals surface area contributed by atoms with E-state index in [0.29, 0.717) is 9.95 Å². The van der Waals surface area contributed by atoms with E-state index in [0.717, 1.165) is 0 Å². The highest BCUT2D eigenvalue weighted by Crippen LogP contribution is 2.23. The van der Waals surface area contributed by atoms with Gasteiger partial charge < -0.3 is 0 Å². The van der Waals surface area contributed by atoms with Crippen LogP contribution in [0.4, 0.5) is 13.2 Å². The molecule has 2 aromatic rings. The third-order valence-electron chi connectivity index (χ3n) is 1.90. The number of alkyl halides is 2. The third-order valence-corrected chi connectivity index (χ3v) is 1.90. The summed E-state index contributed by atoms with van der Waals surface area (Å²) >= 11 is 0. The van der Waals surface area contributed by atoms with Crippen LogP contribution in [0.1, 0.15) is 6.55 Å².